The zero-order valence-electron chi connectivity index (χ0n) is 12.4. The van der Waals surface area contributed by atoms with E-state index in [1.165, 1.54) is 24.1 Å². The SMILES string of the molecule is CN(CCOc1ccc(C(F)(F)F)cc1)C(=O)NCCC(=O)O. The van der Waals surface area contributed by atoms with E-state index in [-0.39, 0.29) is 31.9 Å². The molecule has 2 amide bonds. The van der Waals surface area contributed by atoms with E-state index >= 15 is 0 Å². The van der Waals surface area contributed by atoms with E-state index in [0.717, 1.165) is 12.1 Å². The van der Waals surface area contributed by atoms with Gasteiger partial charge in [-0.25, -0.2) is 4.79 Å². The van der Waals surface area contributed by atoms with Gasteiger partial charge in [0.15, 0.2) is 0 Å². The van der Waals surface area contributed by atoms with Crippen LogP contribution in [0.25, 0.3) is 0 Å². The number of alkyl halides is 3. The highest BCUT2D eigenvalue weighted by molar-refractivity contribution is 5.74. The number of hydrogen-bond acceptors (Lipinski definition) is 3. The number of carbonyl (C=O) groups excluding carboxylic acids is 1. The molecule has 0 atom stereocenters. The van der Waals surface area contributed by atoms with Crippen molar-refractivity contribution in [2.75, 3.05) is 26.7 Å². The number of likely N-dealkylation sites (N-methyl/N-ethyl adjacent to an activating group) is 1. The molecular formula is C14H17F3N2O4. The first-order valence-corrected chi connectivity index (χ1v) is 6.71. The van der Waals surface area contributed by atoms with E-state index in [1.54, 1.807) is 0 Å². The smallest absolute Gasteiger partial charge is 0.416 e. The van der Waals surface area contributed by atoms with Crippen molar-refractivity contribution in [3.8, 4) is 5.75 Å². The molecule has 0 saturated carbocycles. The third-order valence-electron chi connectivity index (χ3n) is 2.84. The van der Waals surface area contributed by atoms with Crippen LogP contribution in [0, 0.1) is 0 Å². The number of carboxylic acids is 1. The topological polar surface area (TPSA) is 78.9 Å². The number of ether oxygens (including phenoxy) is 1. The number of halogens is 3. The van der Waals surface area contributed by atoms with Crippen molar-refractivity contribution in [3.05, 3.63) is 29.8 Å². The van der Waals surface area contributed by atoms with Crippen LogP contribution < -0.4 is 10.1 Å². The molecule has 1 rings (SSSR count). The summed E-state index contributed by atoms with van der Waals surface area (Å²) in [5, 5.41) is 10.9. The van der Waals surface area contributed by atoms with Crippen molar-refractivity contribution >= 4 is 12.0 Å². The lowest BCUT2D eigenvalue weighted by atomic mass is 10.2. The normalized spacial score (nSPS) is 11.0. The molecule has 0 bridgehead atoms. The van der Waals surface area contributed by atoms with Gasteiger partial charge in [0, 0.05) is 13.6 Å². The van der Waals surface area contributed by atoms with Gasteiger partial charge in [0.25, 0.3) is 0 Å². The molecule has 0 aliphatic heterocycles. The average Bonchev–Trinajstić information content (AvgIpc) is 2.46. The first kappa shape index (κ1) is 18.6. The Bertz CT molecular complexity index is 532. The molecule has 128 valence electrons. The molecule has 1 aromatic rings. The zero-order chi connectivity index (χ0) is 17.5. The minimum Gasteiger partial charge on any atom is -0.492 e. The van der Waals surface area contributed by atoms with E-state index in [4.69, 9.17) is 9.84 Å². The number of benzene rings is 1. The van der Waals surface area contributed by atoms with E-state index in [2.05, 4.69) is 5.32 Å². The molecule has 6 nitrogen and oxygen atoms in total. The molecule has 2 N–H and O–H groups in total. The Kier molecular flexibility index (Phi) is 6.67. The van der Waals surface area contributed by atoms with Gasteiger partial charge in [-0.15, -0.1) is 0 Å². The molecule has 1 aromatic carbocycles. The highest BCUT2D eigenvalue weighted by atomic mass is 19.4. The minimum absolute atomic E-state index is 0.0122. The summed E-state index contributed by atoms with van der Waals surface area (Å²) >= 11 is 0. The Balaban J connectivity index is 2.33. The number of hydrogen-bond donors (Lipinski definition) is 2. The number of amides is 2. The van der Waals surface area contributed by atoms with Gasteiger partial charge in [0.05, 0.1) is 18.5 Å². The number of carboxylic acid groups (broad SMARTS) is 1. The molecule has 0 aliphatic carbocycles. The van der Waals surface area contributed by atoms with E-state index in [0.29, 0.717) is 0 Å². The predicted molar refractivity (Wildman–Crippen MR) is 75.2 cm³/mol. The monoisotopic (exact) mass is 334 g/mol. The average molecular weight is 334 g/mol. The van der Waals surface area contributed by atoms with Gasteiger partial charge in [0.2, 0.25) is 0 Å². The van der Waals surface area contributed by atoms with Crippen molar-refractivity contribution < 1.29 is 32.6 Å². The Labute approximate surface area is 130 Å². The van der Waals surface area contributed by atoms with Gasteiger partial charge >= 0.3 is 18.2 Å². The summed E-state index contributed by atoms with van der Waals surface area (Å²) in [6, 6.07) is 3.78. The third-order valence-corrected chi connectivity index (χ3v) is 2.84. The van der Waals surface area contributed by atoms with Gasteiger partial charge in [-0.05, 0) is 24.3 Å². The van der Waals surface area contributed by atoms with Crippen LogP contribution >= 0.6 is 0 Å². The van der Waals surface area contributed by atoms with E-state index < -0.39 is 23.7 Å². The number of carbonyl (C=O) groups is 2. The second kappa shape index (κ2) is 8.25. The van der Waals surface area contributed by atoms with Crippen LogP contribution in [0.2, 0.25) is 0 Å². The summed E-state index contributed by atoms with van der Waals surface area (Å²) < 4.78 is 42.4. The standard InChI is InChI=1S/C14H17F3N2O4/c1-19(13(22)18-7-6-12(20)21)8-9-23-11-4-2-10(3-5-11)14(15,16)17/h2-5H,6-9H2,1H3,(H,18,22)(H,20,21). The van der Waals surface area contributed by atoms with Crippen LogP contribution in [0.4, 0.5) is 18.0 Å². The fraction of sp³-hybridized carbons (Fsp3) is 0.429. The molecule has 23 heavy (non-hydrogen) atoms. The van der Waals surface area contributed by atoms with Crippen LogP contribution in [0.5, 0.6) is 5.75 Å². The van der Waals surface area contributed by atoms with Crippen molar-refractivity contribution in [2.24, 2.45) is 0 Å². The predicted octanol–water partition coefficient (Wildman–Crippen LogP) is 2.20. The van der Waals surface area contributed by atoms with Crippen molar-refractivity contribution in [1.82, 2.24) is 10.2 Å². The Morgan fingerprint density at radius 1 is 1.26 bits per heavy atom. The zero-order valence-corrected chi connectivity index (χ0v) is 12.4. The van der Waals surface area contributed by atoms with Gasteiger partial charge in [-0.3, -0.25) is 4.79 Å². The quantitative estimate of drug-likeness (QED) is 0.801. The van der Waals surface area contributed by atoms with Crippen LogP contribution in [0.15, 0.2) is 24.3 Å². The lowest BCUT2D eigenvalue weighted by Crippen LogP contribution is -2.40. The molecule has 0 aromatic heterocycles. The highest BCUT2D eigenvalue weighted by Crippen LogP contribution is 2.30. The fourth-order valence-electron chi connectivity index (χ4n) is 1.55. The van der Waals surface area contributed by atoms with Crippen LogP contribution in [-0.2, 0) is 11.0 Å². The summed E-state index contributed by atoms with van der Waals surface area (Å²) in [4.78, 5) is 23.2. The maximum Gasteiger partial charge on any atom is 0.416 e. The molecular weight excluding hydrogens is 317 g/mol. The number of nitrogens with one attached hydrogen (secondary N) is 1. The van der Waals surface area contributed by atoms with Crippen molar-refractivity contribution in [2.45, 2.75) is 12.6 Å². The van der Waals surface area contributed by atoms with Gasteiger partial charge in [-0.1, -0.05) is 0 Å². The van der Waals surface area contributed by atoms with Crippen molar-refractivity contribution in [3.63, 3.8) is 0 Å². The Morgan fingerprint density at radius 3 is 2.39 bits per heavy atom. The summed E-state index contributed by atoms with van der Waals surface area (Å²) in [7, 11) is 1.49. The third kappa shape index (κ3) is 6.90. The Morgan fingerprint density at radius 2 is 1.87 bits per heavy atom. The largest absolute Gasteiger partial charge is 0.492 e. The number of nitrogens with zero attached hydrogens (tertiary/aromatic N) is 1. The molecule has 0 radical (unpaired) electrons. The van der Waals surface area contributed by atoms with Crippen LogP contribution in [0.3, 0.4) is 0 Å². The first-order chi connectivity index (χ1) is 10.7. The van der Waals surface area contributed by atoms with Gasteiger partial charge in [-0.2, -0.15) is 13.2 Å². The van der Waals surface area contributed by atoms with Crippen molar-refractivity contribution in [1.29, 1.82) is 0 Å². The van der Waals surface area contributed by atoms with Crippen LogP contribution in [-0.4, -0.2) is 48.8 Å². The lowest BCUT2D eigenvalue weighted by molar-refractivity contribution is -0.138. The summed E-state index contributed by atoms with van der Waals surface area (Å²) in [6.45, 7) is 0.298. The van der Waals surface area contributed by atoms with E-state index in [1.807, 2.05) is 0 Å². The fourth-order valence-corrected chi connectivity index (χ4v) is 1.55. The summed E-state index contributed by atoms with van der Waals surface area (Å²) in [5.41, 5.74) is -0.764. The Hall–Kier alpha value is -2.45. The number of aliphatic carboxylic acids is 1. The first-order valence-electron chi connectivity index (χ1n) is 6.71. The molecule has 0 saturated heterocycles. The molecule has 0 unspecified atom stereocenters. The van der Waals surface area contributed by atoms with Gasteiger partial charge < -0.3 is 20.1 Å². The van der Waals surface area contributed by atoms with Crippen LogP contribution in [0.1, 0.15) is 12.0 Å². The second-order valence-corrected chi connectivity index (χ2v) is 4.67. The molecule has 9 heteroatoms. The molecule has 0 fully saturated rings. The molecule has 0 heterocycles. The summed E-state index contributed by atoms with van der Waals surface area (Å²) in [5.74, 6) is -0.753. The maximum absolute atomic E-state index is 12.4. The number of urea groups is 1. The summed E-state index contributed by atoms with van der Waals surface area (Å²) in [6.07, 6.45) is -4.57. The van der Waals surface area contributed by atoms with Gasteiger partial charge in [0.1, 0.15) is 12.4 Å². The maximum atomic E-state index is 12.4. The second-order valence-electron chi connectivity index (χ2n) is 4.67. The lowest BCUT2D eigenvalue weighted by Gasteiger charge is -2.18. The van der Waals surface area contributed by atoms with E-state index in [9.17, 15) is 22.8 Å². The highest BCUT2D eigenvalue weighted by Gasteiger charge is 2.29. The molecule has 0 spiro atoms. The minimum atomic E-state index is -4.40. The molecule has 0 aliphatic rings. The number of rotatable bonds is 7.